The summed E-state index contributed by atoms with van der Waals surface area (Å²) in [6.07, 6.45) is 0.541. The van der Waals surface area contributed by atoms with Crippen LogP contribution in [0.25, 0.3) is 0 Å². The third kappa shape index (κ3) is 2.87. The molecule has 0 atom stereocenters. The Morgan fingerprint density at radius 3 is 2.38 bits per heavy atom. The Bertz CT molecular complexity index is 294. The van der Waals surface area contributed by atoms with Crippen molar-refractivity contribution < 1.29 is 15.0 Å². The first-order valence-corrected chi connectivity index (χ1v) is 4.13. The molecule has 0 amide bonds. The van der Waals surface area contributed by atoms with Gasteiger partial charge in [-0.3, -0.25) is 4.79 Å². The summed E-state index contributed by atoms with van der Waals surface area (Å²) < 4.78 is 0. The average molecular weight is 180 g/mol. The molecule has 0 radical (unpaired) electrons. The molecule has 0 aliphatic rings. The van der Waals surface area contributed by atoms with Crippen molar-refractivity contribution in [2.75, 3.05) is 6.61 Å². The fraction of sp³-hybridized carbons (Fsp3) is 0.300. The molecule has 1 rings (SSSR count). The fourth-order valence-corrected chi connectivity index (χ4v) is 1.26. The number of aliphatic hydroxyl groups excluding tert-OH is 1. The smallest absolute Gasteiger partial charge is 0.307 e. The lowest BCUT2D eigenvalue weighted by molar-refractivity contribution is -0.136. The normalized spacial score (nSPS) is 9.92. The van der Waals surface area contributed by atoms with Crippen LogP contribution in [0.15, 0.2) is 24.3 Å². The summed E-state index contributed by atoms with van der Waals surface area (Å²) in [5, 5.41) is 17.3. The van der Waals surface area contributed by atoms with Gasteiger partial charge in [0.05, 0.1) is 6.42 Å². The van der Waals surface area contributed by atoms with Crippen molar-refractivity contribution in [2.24, 2.45) is 0 Å². The molecule has 70 valence electrons. The lowest BCUT2D eigenvalue weighted by atomic mass is 10.0. The van der Waals surface area contributed by atoms with Crippen LogP contribution in [0.2, 0.25) is 0 Å². The molecule has 0 heterocycles. The van der Waals surface area contributed by atoms with E-state index in [4.69, 9.17) is 10.2 Å². The van der Waals surface area contributed by atoms with E-state index < -0.39 is 5.97 Å². The van der Waals surface area contributed by atoms with Crippen molar-refractivity contribution in [2.45, 2.75) is 12.8 Å². The molecule has 0 saturated carbocycles. The van der Waals surface area contributed by atoms with Gasteiger partial charge in [-0.25, -0.2) is 0 Å². The minimum atomic E-state index is -0.842. The summed E-state index contributed by atoms with van der Waals surface area (Å²) in [5.41, 5.74) is 1.69. The molecular weight excluding hydrogens is 168 g/mol. The Balaban J connectivity index is 2.84. The first kappa shape index (κ1) is 9.74. The lowest BCUT2D eigenvalue weighted by Gasteiger charge is -2.04. The Labute approximate surface area is 76.6 Å². The summed E-state index contributed by atoms with van der Waals surface area (Å²) in [6.45, 7) is 0.0522. The Morgan fingerprint density at radius 1 is 1.23 bits per heavy atom. The molecule has 1 aromatic rings. The molecule has 3 nitrogen and oxygen atoms in total. The van der Waals surface area contributed by atoms with E-state index in [9.17, 15) is 4.79 Å². The highest BCUT2D eigenvalue weighted by Gasteiger charge is 2.04. The molecule has 0 aliphatic carbocycles. The molecule has 13 heavy (non-hydrogen) atoms. The van der Waals surface area contributed by atoms with Crippen molar-refractivity contribution >= 4 is 5.97 Å². The molecular formula is C10H12O3. The molecule has 0 saturated heterocycles. The third-order valence-corrected chi connectivity index (χ3v) is 1.84. The van der Waals surface area contributed by atoms with Crippen LogP contribution < -0.4 is 0 Å². The molecule has 0 unspecified atom stereocenters. The second kappa shape index (κ2) is 4.62. The Hall–Kier alpha value is -1.35. The Kier molecular flexibility index (Phi) is 3.46. The van der Waals surface area contributed by atoms with E-state index in [0.717, 1.165) is 11.1 Å². The summed E-state index contributed by atoms with van der Waals surface area (Å²) in [4.78, 5) is 10.5. The van der Waals surface area contributed by atoms with Gasteiger partial charge in [-0.1, -0.05) is 24.3 Å². The number of carboxylic acids is 1. The van der Waals surface area contributed by atoms with Crippen LogP contribution in [-0.4, -0.2) is 22.8 Å². The minimum Gasteiger partial charge on any atom is -0.481 e. The summed E-state index contributed by atoms with van der Waals surface area (Å²) >= 11 is 0. The lowest BCUT2D eigenvalue weighted by Crippen LogP contribution is -2.04. The largest absolute Gasteiger partial charge is 0.481 e. The van der Waals surface area contributed by atoms with Crippen LogP contribution in [-0.2, 0) is 17.6 Å². The van der Waals surface area contributed by atoms with Crippen LogP contribution >= 0.6 is 0 Å². The number of benzene rings is 1. The molecule has 3 heteroatoms. The third-order valence-electron chi connectivity index (χ3n) is 1.84. The first-order chi connectivity index (χ1) is 6.24. The topological polar surface area (TPSA) is 57.5 Å². The first-order valence-electron chi connectivity index (χ1n) is 4.13. The van der Waals surface area contributed by atoms with Gasteiger partial charge in [0, 0.05) is 6.61 Å². The Morgan fingerprint density at radius 2 is 1.85 bits per heavy atom. The monoisotopic (exact) mass is 180 g/mol. The average Bonchev–Trinajstić information content (AvgIpc) is 2.08. The molecule has 0 aliphatic heterocycles. The van der Waals surface area contributed by atoms with Crippen molar-refractivity contribution in [1.29, 1.82) is 0 Å². The molecule has 0 spiro atoms. The van der Waals surface area contributed by atoms with E-state index in [0.29, 0.717) is 6.42 Å². The number of aliphatic hydroxyl groups is 1. The summed E-state index contributed by atoms with van der Waals surface area (Å²) in [7, 11) is 0. The van der Waals surface area contributed by atoms with E-state index in [2.05, 4.69) is 0 Å². The van der Waals surface area contributed by atoms with Crippen LogP contribution in [0.1, 0.15) is 11.1 Å². The van der Waals surface area contributed by atoms with Gasteiger partial charge in [0.25, 0.3) is 0 Å². The highest BCUT2D eigenvalue weighted by Crippen LogP contribution is 2.09. The second-order valence-electron chi connectivity index (χ2n) is 2.81. The SMILES string of the molecule is O=C(O)Cc1ccccc1CCO. The van der Waals surface area contributed by atoms with Gasteiger partial charge < -0.3 is 10.2 Å². The van der Waals surface area contributed by atoms with Gasteiger partial charge in [0.1, 0.15) is 0 Å². The molecule has 1 aromatic carbocycles. The minimum absolute atomic E-state index is 0.0240. The van der Waals surface area contributed by atoms with Crippen molar-refractivity contribution in [3.05, 3.63) is 35.4 Å². The van der Waals surface area contributed by atoms with E-state index in [1.165, 1.54) is 0 Å². The highest BCUT2D eigenvalue weighted by atomic mass is 16.4. The van der Waals surface area contributed by atoms with Gasteiger partial charge in [-0.15, -0.1) is 0 Å². The predicted octanol–water partition coefficient (Wildman–Crippen LogP) is 0.849. The molecule has 0 bridgehead atoms. The maximum Gasteiger partial charge on any atom is 0.307 e. The van der Waals surface area contributed by atoms with E-state index in [1.54, 1.807) is 12.1 Å². The van der Waals surface area contributed by atoms with Gasteiger partial charge in [-0.05, 0) is 17.5 Å². The zero-order valence-electron chi connectivity index (χ0n) is 7.23. The molecule has 0 fully saturated rings. The summed E-state index contributed by atoms with van der Waals surface area (Å²) in [6, 6.07) is 7.27. The van der Waals surface area contributed by atoms with Gasteiger partial charge >= 0.3 is 5.97 Å². The van der Waals surface area contributed by atoms with Crippen LogP contribution in [0.4, 0.5) is 0 Å². The number of carbonyl (C=O) groups is 1. The van der Waals surface area contributed by atoms with E-state index in [-0.39, 0.29) is 13.0 Å². The number of hydrogen-bond donors (Lipinski definition) is 2. The van der Waals surface area contributed by atoms with Crippen molar-refractivity contribution in [3.63, 3.8) is 0 Å². The quantitative estimate of drug-likeness (QED) is 0.722. The second-order valence-corrected chi connectivity index (χ2v) is 2.81. The van der Waals surface area contributed by atoms with Crippen molar-refractivity contribution in [3.8, 4) is 0 Å². The van der Waals surface area contributed by atoms with E-state index >= 15 is 0 Å². The van der Waals surface area contributed by atoms with Crippen LogP contribution in [0.5, 0.6) is 0 Å². The zero-order chi connectivity index (χ0) is 9.68. The number of carboxylic acid groups (broad SMARTS) is 1. The van der Waals surface area contributed by atoms with Gasteiger partial charge in [0.2, 0.25) is 0 Å². The highest BCUT2D eigenvalue weighted by molar-refractivity contribution is 5.70. The number of rotatable bonds is 4. The van der Waals surface area contributed by atoms with Crippen LogP contribution in [0, 0.1) is 0 Å². The maximum atomic E-state index is 10.5. The number of aliphatic carboxylic acids is 1. The van der Waals surface area contributed by atoms with Crippen LogP contribution in [0.3, 0.4) is 0 Å². The molecule has 0 aromatic heterocycles. The standard InChI is InChI=1S/C10H12O3/c11-6-5-8-3-1-2-4-9(8)7-10(12)13/h1-4,11H,5-7H2,(H,12,13). The maximum absolute atomic E-state index is 10.5. The summed E-state index contributed by atoms with van der Waals surface area (Å²) in [5.74, 6) is -0.842. The fourth-order valence-electron chi connectivity index (χ4n) is 1.26. The van der Waals surface area contributed by atoms with Gasteiger partial charge in [0.15, 0.2) is 0 Å². The molecule has 2 N–H and O–H groups in total. The predicted molar refractivity (Wildman–Crippen MR) is 48.6 cm³/mol. The van der Waals surface area contributed by atoms with E-state index in [1.807, 2.05) is 12.1 Å². The number of hydrogen-bond acceptors (Lipinski definition) is 2. The van der Waals surface area contributed by atoms with Gasteiger partial charge in [-0.2, -0.15) is 0 Å². The van der Waals surface area contributed by atoms with Crippen molar-refractivity contribution in [1.82, 2.24) is 0 Å². The zero-order valence-corrected chi connectivity index (χ0v) is 7.23.